The van der Waals surface area contributed by atoms with Crippen LogP contribution in [0.4, 0.5) is 0 Å². The fourth-order valence-electron chi connectivity index (χ4n) is 1.62. The molecule has 0 atom stereocenters. The summed E-state index contributed by atoms with van der Waals surface area (Å²) in [6.07, 6.45) is 3.99. The SMILES string of the molecule is N#Cc1ccc(COc2cncc(C#CCCCl)c2)cc1. The Balaban J connectivity index is 1.98. The third-order valence-corrected chi connectivity index (χ3v) is 2.84. The van der Waals surface area contributed by atoms with Gasteiger partial charge in [-0.2, -0.15) is 5.26 Å². The molecule has 0 bridgehead atoms. The average Bonchev–Trinajstić information content (AvgIpc) is 2.54. The first kappa shape index (κ1) is 14.9. The third-order valence-electron chi connectivity index (χ3n) is 2.65. The van der Waals surface area contributed by atoms with E-state index in [9.17, 15) is 0 Å². The van der Waals surface area contributed by atoms with Crippen molar-refractivity contribution in [3.8, 4) is 23.7 Å². The molecule has 1 heterocycles. The zero-order valence-electron chi connectivity index (χ0n) is 11.3. The Bertz CT molecular complexity index is 693. The van der Waals surface area contributed by atoms with Gasteiger partial charge in [-0.15, -0.1) is 11.6 Å². The van der Waals surface area contributed by atoms with Crippen LogP contribution >= 0.6 is 11.6 Å². The second-order valence-electron chi connectivity index (χ2n) is 4.25. The summed E-state index contributed by atoms with van der Waals surface area (Å²) in [7, 11) is 0. The third kappa shape index (κ3) is 4.84. The topological polar surface area (TPSA) is 45.9 Å². The fourth-order valence-corrected chi connectivity index (χ4v) is 1.71. The van der Waals surface area contributed by atoms with Crippen molar-refractivity contribution in [3.63, 3.8) is 0 Å². The molecule has 0 saturated carbocycles. The summed E-state index contributed by atoms with van der Waals surface area (Å²) in [6, 6.07) is 11.2. The van der Waals surface area contributed by atoms with Crippen LogP contribution in [0, 0.1) is 23.2 Å². The van der Waals surface area contributed by atoms with Gasteiger partial charge in [0.15, 0.2) is 0 Å². The standard InChI is InChI=1S/C17H13ClN2O/c18-8-2-1-3-16-9-17(12-20-11-16)21-13-15-6-4-14(10-19)5-7-15/h4-7,9,11-12H,2,8,13H2. The zero-order valence-corrected chi connectivity index (χ0v) is 12.1. The summed E-state index contributed by atoms with van der Waals surface area (Å²) in [5, 5.41) is 8.74. The van der Waals surface area contributed by atoms with Crippen LogP contribution in [0.25, 0.3) is 0 Å². The highest BCUT2D eigenvalue weighted by Crippen LogP contribution is 2.13. The van der Waals surface area contributed by atoms with Crippen molar-refractivity contribution in [2.45, 2.75) is 13.0 Å². The van der Waals surface area contributed by atoms with Gasteiger partial charge in [-0.3, -0.25) is 4.98 Å². The first-order chi connectivity index (χ1) is 10.3. The molecule has 0 radical (unpaired) electrons. The number of hydrogen-bond donors (Lipinski definition) is 0. The van der Waals surface area contributed by atoms with E-state index < -0.39 is 0 Å². The maximum Gasteiger partial charge on any atom is 0.139 e. The molecule has 0 fully saturated rings. The van der Waals surface area contributed by atoms with Gasteiger partial charge < -0.3 is 4.74 Å². The van der Waals surface area contributed by atoms with E-state index in [0.717, 1.165) is 11.1 Å². The van der Waals surface area contributed by atoms with Gasteiger partial charge >= 0.3 is 0 Å². The molecule has 1 aromatic heterocycles. The van der Waals surface area contributed by atoms with Crippen molar-refractivity contribution in [1.82, 2.24) is 4.98 Å². The van der Waals surface area contributed by atoms with Gasteiger partial charge in [0, 0.05) is 24.1 Å². The first-order valence-electron chi connectivity index (χ1n) is 6.43. The number of benzene rings is 1. The minimum atomic E-state index is 0.423. The second kappa shape index (κ2) is 7.94. The van der Waals surface area contributed by atoms with E-state index in [0.29, 0.717) is 30.2 Å². The molecule has 0 aliphatic heterocycles. The van der Waals surface area contributed by atoms with Gasteiger partial charge in [0.2, 0.25) is 0 Å². The molecule has 0 aliphatic rings. The van der Waals surface area contributed by atoms with Gasteiger partial charge in [0.25, 0.3) is 0 Å². The van der Waals surface area contributed by atoms with Crippen molar-refractivity contribution in [2.75, 3.05) is 5.88 Å². The van der Waals surface area contributed by atoms with E-state index in [1.165, 1.54) is 0 Å². The Hall–Kier alpha value is -2.49. The zero-order chi connectivity index (χ0) is 14.9. The molecule has 2 rings (SSSR count). The monoisotopic (exact) mass is 296 g/mol. The van der Waals surface area contributed by atoms with E-state index in [4.69, 9.17) is 21.6 Å². The van der Waals surface area contributed by atoms with Crippen LogP contribution in [-0.4, -0.2) is 10.9 Å². The number of ether oxygens (including phenoxy) is 1. The molecule has 0 unspecified atom stereocenters. The number of pyridine rings is 1. The lowest BCUT2D eigenvalue weighted by atomic mass is 10.2. The van der Waals surface area contributed by atoms with Crippen molar-refractivity contribution < 1.29 is 4.74 Å². The fraction of sp³-hybridized carbons (Fsp3) is 0.176. The summed E-state index contributed by atoms with van der Waals surface area (Å²) < 4.78 is 5.67. The lowest BCUT2D eigenvalue weighted by molar-refractivity contribution is 0.305. The number of alkyl halides is 1. The minimum Gasteiger partial charge on any atom is -0.487 e. The van der Waals surface area contributed by atoms with Crippen molar-refractivity contribution >= 4 is 11.6 Å². The summed E-state index contributed by atoms with van der Waals surface area (Å²) >= 11 is 5.58. The van der Waals surface area contributed by atoms with E-state index in [1.54, 1.807) is 24.5 Å². The Morgan fingerprint density at radius 3 is 2.67 bits per heavy atom. The summed E-state index contributed by atoms with van der Waals surface area (Å²) in [5.41, 5.74) is 2.43. The molecule has 21 heavy (non-hydrogen) atoms. The van der Waals surface area contributed by atoms with Gasteiger partial charge in [-0.05, 0) is 23.8 Å². The van der Waals surface area contributed by atoms with Gasteiger partial charge in [-0.1, -0.05) is 24.0 Å². The molecule has 0 N–H and O–H groups in total. The smallest absolute Gasteiger partial charge is 0.139 e. The average molecular weight is 297 g/mol. The normalized spacial score (nSPS) is 9.33. The predicted molar refractivity (Wildman–Crippen MR) is 81.9 cm³/mol. The summed E-state index contributed by atoms with van der Waals surface area (Å²) in [6.45, 7) is 0.423. The Labute approximate surface area is 129 Å². The molecule has 0 saturated heterocycles. The number of aromatic nitrogens is 1. The van der Waals surface area contributed by atoms with Crippen LogP contribution in [0.15, 0.2) is 42.7 Å². The lowest BCUT2D eigenvalue weighted by Gasteiger charge is -2.06. The van der Waals surface area contributed by atoms with E-state index in [1.807, 2.05) is 18.2 Å². The van der Waals surface area contributed by atoms with Gasteiger partial charge in [0.05, 0.1) is 17.8 Å². The Morgan fingerprint density at radius 1 is 1.14 bits per heavy atom. The van der Waals surface area contributed by atoms with Gasteiger partial charge in [-0.25, -0.2) is 0 Å². The van der Waals surface area contributed by atoms with Crippen LogP contribution in [0.3, 0.4) is 0 Å². The molecule has 4 heteroatoms. The first-order valence-corrected chi connectivity index (χ1v) is 6.97. The summed E-state index contributed by atoms with van der Waals surface area (Å²) in [4.78, 5) is 4.10. The van der Waals surface area contributed by atoms with Crippen LogP contribution < -0.4 is 4.74 Å². The van der Waals surface area contributed by atoms with E-state index in [-0.39, 0.29) is 0 Å². The highest BCUT2D eigenvalue weighted by molar-refractivity contribution is 6.18. The minimum absolute atomic E-state index is 0.423. The van der Waals surface area contributed by atoms with Crippen LogP contribution in [0.1, 0.15) is 23.1 Å². The second-order valence-corrected chi connectivity index (χ2v) is 4.63. The van der Waals surface area contributed by atoms with Crippen LogP contribution in [-0.2, 0) is 6.61 Å². The van der Waals surface area contributed by atoms with Crippen LogP contribution in [0.2, 0.25) is 0 Å². The predicted octanol–water partition coefficient (Wildman–Crippen LogP) is 3.51. The largest absolute Gasteiger partial charge is 0.487 e. The molecule has 104 valence electrons. The number of halogens is 1. The molecular weight excluding hydrogens is 284 g/mol. The molecule has 1 aromatic carbocycles. The lowest BCUT2D eigenvalue weighted by Crippen LogP contribution is -1.96. The van der Waals surface area contributed by atoms with Crippen molar-refractivity contribution in [2.24, 2.45) is 0 Å². The molecule has 0 spiro atoms. The highest BCUT2D eigenvalue weighted by atomic mass is 35.5. The van der Waals surface area contributed by atoms with E-state index in [2.05, 4.69) is 22.9 Å². The molecule has 3 nitrogen and oxygen atoms in total. The molecule has 0 amide bonds. The number of rotatable bonds is 4. The molecular formula is C17H13ClN2O. The number of hydrogen-bond acceptors (Lipinski definition) is 3. The van der Waals surface area contributed by atoms with E-state index >= 15 is 0 Å². The maximum absolute atomic E-state index is 8.74. The Kier molecular flexibility index (Phi) is 5.64. The highest BCUT2D eigenvalue weighted by Gasteiger charge is 1.98. The maximum atomic E-state index is 8.74. The van der Waals surface area contributed by atoms with Crippen LogP contribution in [0.5, 0.6) is 5.75 Å². The van der Waals surface area contributed by atoms with Crippen molar-refractivity contribution in [1.29, 1.82) is 5.26 Å². The number of nitriles is 1. The van der Waals surface area contributed by atoms with Gasteiger partial charge in [0.1, 0.15) is 12.4 Å². The molecule has 0 aliphatic carbocycles. The number of nitrogens with zero attached hydrogens (tertiary/aromatic N) is 2. The van der Waals surface area contributed by atoms with Crippen molar-refractivity contribution in [3.05, 3.63) is 59.4 Å². The summed E-state index contributed by atoms with van der Waals surface area (Å²) in [5.74, 6) is 7.13. The quantitative estimate of drug-likeness (QED) is 0.640. The molecule has 2 aromatic rings. The Morgan fingerprint density at radius 2 is 1.95 bits per heavy atom.